The molecular weight excluding hydrogens is 243 g/mol. The molecule has 72 valence electrons. The lowest BCUT2D eigenvalue weighted by molar-refractivity contribution is 1.06. The second-order valence-corrected chi connectivity index (χ2v) is 11.8. The van der Waals surface area contributed by atoms with Gasteiger partial charge in [-0.05, 0) is 18.2 Å². The van der Waals surface area contributed by atoms with Crippen molar-refractivity contribution in [2.45, 2.75) is 18.0 Å². The van der Waals surface area contributed by atoms with Crippen LogP contribution in [-0.4, -0.2) is 6.69 Å². The van der Waals surface area contributed by atoms with E-state index in [0.717, 1.165) is 5.56 Å². The highest BCUT2D eigenvalue weighted by Crippen LogP contribution is 2.33. The number of rotatable bonds is 3. The number of hydrogen-bond donors (Lipinski definition) is 0. The molecule has 0 saturated heterocycles. The lowest BCUT2D eigenvalue weighted by Gasteiger charge is -2.15. The molecule has 0 aliphatic carbocycles. The summed E-state index contributed by atoms with van der Waals surface area (Å²) < 4.78 is 0. The fourth-order valence-corrected chi connectivity index (χ4v) is 4.43. The van der Waals surface area contributed by atoms with Crippen LogP contribution in [0.3, 0.4) is 0 Å². The summed E-state index contributed by atoms with van der Waals surface area (Å²) in [6, 6.07) is 10.6. The Hall–Kier alpha value is 0.307. The molecule has 1 atom stereocenters. The van der Waals surface area contributed by atoms with Crippen molar-refractivity contribution in [2.75, 3.05) is 0 Å². The van der Waals surface area contributed by atoms with Gasteiger partial charge >= 0.3 is 0 Å². The molecule has 0 aliphatic rings. The molecule has 1 aromatic carbocycles. The van der Waals surface area contributed by atoms with Crippen LogP contribution in [0.15, 0.2) is 30.3 Å². The van der Waals surface area contributed by atoms with Crippen molar-refractivity contribution in [2.24, 2.45) is 0 Å². The summed E-state index contributed by atoms with van der Waals surface area (Å²) in [6.45, 7) is -0.207. The average Bonchev–Trinajstić information content (AvgIpc) is 2.03. The molecule has 0 aromatic heterocycles. The zero-order valence-electron chi connectivity index (χ0n) is 7.31. The minimum Gasteiger partial charge on any atom is -0.146 e. The van der Waals surface area contributed by atoms with Crippen LogP contribution in [0.5, 0.6) is 0 Å². The van der Waals surface area contributed by atoms with Gasteiger partial charge in [-0.25, -0.2) is 0 Å². The monoisotopic (exact) mass is 252 g/mol. The van der Waals surface area contributed by atoms with E-state index in [1.807, 2.05) is 36.9 Å². The normalized spacial score (nSPS) is 14.2. The number of benzene rings is 1. The van der Waals surface area contributed by atoms with Crippen LogP contribution in [0.2, 0.25) is 12.6 Å². The molecule has 0 fully saturated rings. The quantitative estimate of drug-likeness (QED) is 0.422. The van der Waals surface area contributed by atoms with Crippen LogP contribution in [0.1, 0.15) is 10.9 Å². The van der Waals surface area contributed by atoms with E-state index >= 15 is 0 Å². The summed E-state index contributed by atoms with van der Waals surface area (Å²) in [7, 11) is 0. The van der Waals surface area contributed by atoms with E-state index in [1.54, 1.807) is 0 Å². The largest absolute Gasteiger partial charge is 0.250 e. The molecule has 0 spiro atoms. The Kier molecular flexibility index (Phi) is 4.11. The smallest absolute Gasteiger partial charge is 0.146 e. The second kappa shape index (κ2) is 4.69. The Balaban J connectivity index is 2.64. The number of alkyl halides is 1. The van der Waals surface area contributed by atoms with Gasteiger partial charge in [-0.2, -0.15) is 0 Å². The highest BCUT2D eigenvalue weighted by molar-refractivity contribution is 7.45. The van der Waals surface area contributed by atoms with Crippen molar-refractivity contribution in [1.29, 1.82) is 0 Å². The van der Waals surface area contributed by atoms with Gasteiger partial charge in [0.2, 0.25) is 6.69 Å². The van der Waals surface area contributed by atoms with E-state index in [4.69, 9.17) is 33.8 Å². The third-order valence-electron chi connectivity index (χ3n) is 1.70. The SMILES string of the molecule is C[Si](Cl)(Cl)CC(Cl)c1ccccc1. The van der Waals surface area contributed by atoms with E-state index in [0.29, 0.717) is 6.04 Å². The lowest BCUT2D eigenvalue weighted by Crippen LogP contribution is -2.14. The van der Waals surface area contributed by atoms with Crippen LogP contribution in [0, 0.1) is 0 Å². The topological polar surface area (TPSA) is 0 Å². The summed E-state index contributed by atoms with van der Waals surface area (Å²) in [6.07, 6.45) is 0. The van der Waals surface area contributed by atoms with Gasteiger partial charge in [0.1, 0.15) is 0 Å². The maximum atomic E-state index is 6.16. The first-order valence-corrected chi connectivity index (χ1v) is 9.22. The fraction of sp³-hybridized carbons (Fsp3) is 0.333. The minimum absolute atomic E-state index is 0.0622. The van der Waals surface area contributed by atoms with Crippen LogP contribution in [-0.2, 0) is 0 Å². The van der Waals surface area contributed by atoms with E-state index in [9.17, 15) is 0 Å². The second-order valence-electron chi connectivity index (χ2n) is 3.15. The molecule has 0 bridgehead atoms. The predicted octanol–water partition coefficient (Wildman–Crippen LogP) is 4.52. The molecule has 1 rings (SSSR count). The van der Waals surface area contributed by atoms with E-state index in [2.05, 4.69) is 0 Å². The molecule has 0 nitrogen and oxygen atoms in total. The van der Waals surface area contributed by atoms with Crippen LogP contribution >= 0.6 is 33.8 Å². The molecule has 0 N–H and O–H groups in total. The molecule has 0 saturated carbocycles. The highest BCUT2D eigenvalue weighted by Gasteiger charge is 2.25. The van der Waals surface area contributed by atoms with Crippen molar-refractivity contribution in [3.05, 3.63) is 35.9 Å². The van der Waals surface area contributed by atoms with E-state index in [-0.39, 0.29) is 5.38 Å². The van der Waals surface area contributed by atoms with Gasteiger partial charge in [-0.1, -0.05) is 30.3 Å². The van der Waals surface area contributed by atoms with E-state index in [1.165, 1.54) is 0 Å². The molecule has 0 aliphatic heterocycles. The Morgan fingerprint density at radius 3 is 2.23 bits per heavy atom. The first kappa shape index (κ1) is 11.4. The summed E-state index contributed by atoms with van der Waals surface area (Å²) in [5.41, 5.74) is 1.09. The third kappa shape index (κ3) is 4.36. The van der Waals surface area contributed by atoms with Crippen molar-refractivity contribution in [1.82, 2.24) is 0 Å². The number of halogens is 3. The zero-order chi connectivity index (χ0) is 9.90. The van der Waals surface area contributed by atoms with Gasteiger partial charge < -0.3 is 0 Å². The third-order valence-corrected chi connectivity index (χ3v) is 4.41. The molecule has 0 heterocycles. The summed E-state index contributed by atoms with van der Waals surface area (Å²) in [5.74, 6) is 0. The van der Waals surface area contributed by atoms with Gasteiger partial charge in [-0.15, -0.1) is 33.8 Å². The van der Waals surface area contributed by atoms with Crippen molar-refractivity contribution in [3.63, 3.8) is 0 Å². The predicted molar refractivity (Wildman–Crippen MR) is 63.2 cm³/mol. The summed E-state index contributed by atoms with van der Waals surface area (Å²) >= 11 is 18.2. The molecule has 1 unspecified atom stereocenters. The standard InChI is InChI=1S/C9H11Cl3Si/c1-13(11,12)7-9(10)8-5-3-2-4-6-8/h2-6,9H,7H2,1H3. The summed E-state index contributed by atoms with van der Waals surface area (Å²) in [4.78, 5) is 0. The minimum atomic E-state index is -2.09. The molecule has 1 aromatic rings. The molecule has 0 amide bonds. The van der Waals surface area contributed by atoms with Crippen LogP contribution in [0.25, 0.3) is 0 Å². The van der Waals surface area contributed by atoms with Gasteiger partial charge in [-0.3, -0.25) is 0 Å². The fourth-order valence-electron chi connectivity index (χ4n) is 1.09. The molecule has 0 radical (unpaired) electrons. The van der Waals surface area contributed by atoms with Gasteiger partial charge in [0.15, 0.2) is 0 Å². The van der Waals surface area contributed by atoms with Gasteiger partial charge in [0, 0.05) is 0 Å². The Morgan fingerprint density at radius 1 is 1.23 bits per heavy atom. The van der Waals surface area contributed by atoms with Crippen LogP contribution < -0.4 is 0 Å². The van der Waals surface area contributed by atoms with Crippen molar-refractivity contribution < 1.29 is 0 Å². The summed E-state index contributed by atoms with van der Waals surface area (Å²) in [5, 5.41) is -0.0622. The highest BCUT2D eigenvalue weighted by atomic mass is 35.7. The van der Waals surface area contributed by atoms with Gasteiger partial charge in [0.05, 0.1) is 5.38 Å². The molecular formula is C9H11Cl3Si. The Labute approximate surface area is 94.2 Å². The van der Waals surface area contributed by atoms with Gasteiger partial charge in [0.25, 0.3) is 0 Å². The Bertz CT molecular complexity index is 255. The lowest BCUT2D eigenvalue weighted by atomic mass is 10.2. The van der Waals surface area contributed by atoms with Crippen molar-refractivity contribution in [3.8, 4) is 0 Å². The Morgan fingerprint density at radius 2 is 1.77 bits per heavy atom. The maximum Gasteiger partial charge on any atom is 0.250 e. The first-order valence-electron chi connectivity index (χ1n) is 4.06. The van der Waals surface area contributed by atoms with E-state index < -0.39 is 6.69 Å². The molecule has 4 heteroatoms. The zero-order valence-corrected chi connectivity index (χ0v) is 10.6. The van der Waals surface area contributed by atoms with Crippen LogP contribution in [0.4, 0.5) is 0 Å². The maximum absolute atomic E-state index is 6.16. The first-order chi connectivity index (χ1) is 5.99. The average molecular weight is 254 g/mol. The molecule has 13 heavy (non-hydrogen) atoms. The number of hydrogen-bond acceptors (Lipinski definition) is 0. The van der Waals surface area contributed by atoms with Crippen molar-refractivity contribution >= 4 is 40.5 Å².